The molecule has 3 aliphatic rings. The second kappa shape index (κ2) is 7.58. The van der Waals surface area contributed by atoms with Crippen LogP contribution in [0.2, 0.25) is 10.0 Å². The van der Waals surface area contributed by atoms with Gasteiger partial charge in [0.25, 0.3) is 5.91 Å². The summed E-state index contributed by atoms with van der Waals surface area (Å²) in [6, 6.07) is 11.5. The first-order valence-corrected chi connectivity index (χ1v) is 11.6. The number of fused-ring (bicyclic) bond motifs is 3. The molecule has 9 heteroatoms. The first kappa shape index (κ1) is 20.7. The molecule has 0 unspecified atom stereocenters. The van der Waals surface area contributed by atoms with Crippen molar-refractivity contribution in [3.63, 3.8) is 0 Å². The van der Waals surface area contributed by atoms with Gasteiger partial charge in [-0.1, -0.05) is 35.3 Å². The van der Waals surface area contributed by atoms with E-state index >= 15 is 0 Å². The number of carbonyl (C=O) groups excluding carboxylic acids is 1. The summed E-state index contributed by atoms with van der Waals surface area (Å²) in [6.45, 7) is 1.02. The van der Waals surface area contributed by atoms with Crippen LogP contribution in [0.3, 0.4) is 0 Å². The van der Waals surface area contributed by atoms with Crippen LogP contribution in [0, 0.1) is 0 Å². The van der Waals surface area contributed by atoms with Crippen LogP contribution in [-0.2, 0) is 12.0 Å². The Labute approximate surface area is 201 Å². The van der Waals surface area contributed by atoms with E-state index in [-0.39, 0.29) is 29.6 Å². The Bertz CT molecular complexity index is 1270. The molecule has 2 aromatic carbocycles. The first-order valence-electron chi connectivity index (χ1n) is 10.8. The number of benzene rings is 2. The predicted octanol–water partition coefficient (Wildman–Crippen LogP) is 5.00. The number of amides is 1. The number of ether oxygens (including phenoxy) is 1. The molecule has 2 aliphatic heterocycles. The summed E-state index contributed by atoms with van der Waals surface area (Å²) in [5, 5.41) is 3.99. The second-order valence-electron chi connectivity index (χ2n) is 8.69. The molecule has 168 valence electrons. The third kappa shape index (κ3) is 3.34. The Kier molecular flexibility index (Phi) is 4.76. The van der Waals surface area contributed by atoms with Crippen LogP contribution in [0.1, 0.15) is 34.3 Å². The Morgan fingerprint density at radius 3 is 2.70 bits per heavy atom. The van der Waals surface area contributed by atoms with Gasteiger partial charge in [0.2, 0.25) is 11.8 Å². The number of nitrogens with one attached hydrogen (secondary N) is 1. The maximum absolute atomic E-state index is 13.1. The molecular weight excluding hydrogens is 461 g/mol. The van der Waals surface area contributed by atoms with Gasteiger partial charge in [-0.2, -0.15) is 4.98 Å². The van der Waals surface area contributed by atoms with E-state index in [1.807, 2.05) is 0 Å². The highest BCUT2D eigenvalue weighted by atomic mass is 35.5. The largest absolute Gasteiger partial charge is 0.455 e. The normalized spacial score (nSPS) is 18.5. The van der Waals surface area contributed by atoms with Gasteiger partial charge in [-0.3, -0.25) is 14.6 Å². The van der Waals surface area contributed by atoms with Gasteiger partial charge in [0.15, 0.2) is 6.73 Å². The summed E-state index contributed by atoms with van der Waals surface area (Å²) in [4.78, 5) is 25.7. The second-order valence-corrected chi connectivity index (χ2v) is 9.50. The van der Waals surface area contributed by atoms with E-state index in [1.54, 1.807) is 18.2 Å². The lowest BCUT2D eigenvalue weighted by molar-refractivity contribution is 0.0932. The number of hydrogen-bond donors (Lipinski definition) is 1. The number of carbonyl (C=O) groups is 1. The average molecular weight is 482 g/mol. The molecule has 7 nitrogen and oxygen atoms in total. The van der Waals surface area contributed by atoms with Crippen molar-refractivity contribution < 1.29 is 9.53 Å². The molecule has 1 aliphatic carbocycles. The molecule has 1 spiro atoms. The summed E-state index contributed by atoms with van der Waals surface area (Å²) < 4.78 is 5.78. The van der Waals surface area contributed by atoms with Crippen molar-refractivity contribution >= 4 is 46.4 Å². The zero-order valence-corrected chi connectivity index (χ0v) is 19.5. The lowest BCUT2D eigenvalue weighted by Crippen LogP contribution is -2.39. The maximum atomic E-state index is 13.1. The van der Waals surface area contributed by atoms with Gasteiger partial charge in [0, 0.05) is 24.0 Å². The Balaban J connectivity index is 1.25. The molecule has 1 fully saturated rings. The number of likely N-dealkylation sites (N-methyl/N-ethyl adjacent to an activating group) is 1. The number of halogens is 2. The van der Waals surface area contributed by atoms with Crippen molar-refractivity contribution in [2.45, 2.75) is 24.8 Å². The minimum atomic E-state index is -0.314. The molecular formula is C24H21Cl2N5O2. The van der Waals surface area contributed by atoms with Gasteiger partial charge < -0.3 is 10.1 Å². The molecule has 3 heterocycles. The number of nitrogens with zero attached hydrogens (tertiary/aromatic N) is 4. The minimum absolute atomic E-state index is 0.0415. The van der Waals surface area contributed by atoms with Crippen LogP contribution < -0.4 is 15.0 Å². The molecule has 0 bridgehead atoms. The molecule has 0 atom stereocenters. The van der Waals surface area contributed by atoms with Crippen molar-refractivity contribution in [3.8, 4) is 5.88 Å². The number of hydrogen-bond acceptors (Lipinski definition) is 6. The van der Waals surface area contributed by atoms with E-state index in [2.05, 4.69) is 45.4 Å². The fraction of sp³-hybridized carbons (Fsp3) is 0.292. The van der Waals surface area contributed by atoms with Crippen LogP contribution in [0.15, 0.2) is 42.6 Å². The van der Waals surface area contributed by atoms with Gasteiger partial charge in [-0.25, -0.2) is 4.98 Å². The van der Waals surface area contributed by atoms with Gasteiger partial charge in [-0.15, -0.1) is 0 Å². The monoisotopic (exact) mass is 481 g/mol. The molecule has 1 N–H and O–H groups in total. The number of anilines is 3. The van der Waals surface area contributed by atoms with Gasteiger partial charge in [0.05, 0.1) is 15.7 Å². The summed E-state index contributed by atoms with van der Waals surface area (Å²) in [7, 11) is 2.21. The number of rotatable bonds is 3. The van der Waals surface area contributed by atoms with Gasteiger partial charge in [-0.05, 0) is 61.7 Å². The van der Waals surface area contributed by atoms with E-state index in [1.165, 1.54) is 35.1 Å². The molecule has 33 heavy (non-hydrogen) atoms. The summed E-state index contributed by atoms with van der Waals surface area (Å²) >= 11 is 12.5. The van der Waals surface area contributed by atoms with E-state index in [0.29, 0.717) is 21.7 Å². The summed E-state index contributed by atoms with van der Waals surface area (Å²) in [6.07, 6.45) is 4.93. The average Bonchev–Trinajstić information content (AvgIpc) is 3.60. The van der Waals surface area contributed by atoms with Gasteiger partial charge >= 0.3 is 0 Å². The van der Waals surface area contributed by atoms with E-state index in [9.17, 15) is 4.79 Å². The fourth-order valence-corrected chi connectivity index (χ4v) is 5.47. The zero-order chi connectivity index (χ0) is 22.7. The van der Waals surface area contributed by atoms with Crippen LogP contribution in [0.4, 0.5) is 17.3 Å². The number of aromatic nitrogens is 2. The molecule has 1 saturated carbocycles. The third-order valence-corrected chi connectivity index (χ3v) is 7.41. The van der Waals surface area contributed by atoms with Crippen LogP contribution in [0.5, 0.6) is 5.88 Å². The number of para-hydroxylation sites is 1. The van der Waals surface area contributed by atoms with E-state index in [4.69, 9.17) is 27.9 Å². The SMILES string of the molecule is CN1CCc2cc(Nc3ncc4c(n3)OCN(c3c(Cl)cccc3Cl)C4=O)ccc2C12CC2. The van der Waals surface area contributed by atoms with Crippen molar-refractivity contribution in [1.29, 1.82) is 0 Å². The molecule has 1 aromatic heterocycles. The predicted molar refractivity (Wildman–Crippen MR) is 128 cm³/mol. The zero-order valence-electron chi connectivity index (χ0n) is 17.9. The van der Waals surface area contributed by atoms with Crippen molar-refractivity contribution in [2.75, 3.05) is 30.5 Å². The molecule has 0 saturated heterocycles. The smallest absolute Gasteiger partial charge is 0.268 e. The molecule has 0 radical (unpaired) electrons. The van der Waals surface area contributed by atoms with Crippen molar-refractivity contribution in [1.82, 2.24) is 14.9 Å². The van der Waals surface area contributed by atoms with Crippen molar-refractivity contribution in [3.05, 3.63) is 69.3 Å². The highest BCUT2D eigenvalue weighted by Crippen LogP contribution is 2.53. The minimum Gasteiger partial charge on any atom is -0.455 e. The summed E-state index contributed by atoms with van der Waals surface area (Å²) in [5.41, 5.74) is 4.62. The van der Waals surface area contributed by atoms with Crippen LogP contribution >= 0.6 is 23.2 Å². The lowest BCUT2D eigenvalue weighted by atomic mass is 9.90. The van der Waals surface area contributed by atoms with E-state index < -0.39 is 0 Å². The first-order chi connectivity index (χ1) is 16.0. The Morgan fingerprint density at radius 1 is 1.15 bits per heavy atom. The fourth-order valence-electron chi connectivity index (χ4n) is 4.86. The third-order valence-electron chi connectivity index (χ3n) is 6.80. The topological polar surface area (TPSA) is 70.6 Å². The van der Waals surface area contributed by atoms with Gasteiger partial charge in [0.1, 0.15) is 5.56 Å². The molecule has 3 aromatic rings. The maximum Gasteiger partial charge on any atom is 0.268 e. The van der Waals surface area contributed by atoms with E-state index in [0.717, 1.165) is 18.7 Å². The Morgan fingerprint density at radius 2 is 1.94 bits per heavy atom. The highest BCUT2D eigenvalue weighted by Gasteiger charge is 2.50. The molecule has 6 rings (SSSR count). The lowest BCUT2D eigenvalue weighted by Gasteiger charge is -2.35. The van der Waals surface area contributed by atoms with Crippen LogP contribution in [-0.4, -0.2) is 41.1 Å². The standard InChI is InChI=1S/C24H21Cl2N5O2/c1-30-10-7-14-11-15(5-6-17(14)24(30)8-9-24)28-23-27-12-16-21(29-23)33-13-31(22(16)32)20-18(25)3-2-4-19(20)26/h2-6,11-12H,7-10,13H2,1H3,(H,27,28,29). The van der Waals surface area contributed by atoms with Crippen LogP contribution in [0.25, 0.3) is 0 Å². The Hall–Kier alpha value is -2.87. The van der Waals surface area contributed by atoms with Crippen molar-refractivity contribution in [2.24, 2.45) is 0 Å². The summed E-state index contributed by atoms with van der Waals surface area (Å²) in [5.74, 6) is 0.290. The highest BCUT2D eigenvalue weighted by molar-refractivity contribution is 6.40. The quantitative estimate of drug-likeness (QED) is 0.567. The molecule has 1 amide bonds.